The van der Waals surface area contributed by atoms with Gasteiger partial charge in [0.2, 0.25) is 0 Å². The topological polar surface area (TPSA) is 65.0 Å². The average molecular weight is 364 g/mol. The largest absolute Gasteiger partial charge is 0.497 e. The Morgan fingerprint density at radius 1 is 0.778 bits per heavy atom. The van der Waals surface area contributed by atoms with Gasteiger partial charge in [0.05, 0.1) is 19.3 Å². The van der Waals surface area contributed by atoms with E-state index in [1.54, 1.807) is 43.5 Å². The maximum Gasteiger partial charge on any atom is 0.343 e. The van der Waals surface area contributed by atoms with Crippen molar-refractivity contribution < 1.29 is 24.1 Å². The lowest BCUT2D eigenvalue weighted by Crippen LogP contribution is -2.08. The van der Waals surface area contributed by atoms with Crippen molar-refractivity contribution in [2.45, 2.75) is 0 Å². The van der Waals surface area contributed by atoms with E-state index in [9.17, 15) is 4.79 Å². The molecule has 3 aromatic rings. The van der Waals surface area contributed by atoms with Gasteiger partial charge < -0.3 is 19.3 Å². The maximum atomic E-state index is 12.2. The summed E-state index contributed by atoms with van der Waals surface area (Å²) in [5.41, 5.74) is 2.49. The van der Waals surface area contributed by atoms with Crippen molar-refractivity contribution in [1.82, 2.24) is 0 Å². The van der Waals surface area contributed by atoms with E-state index in [0.29, 0.717) is 17.1 Å². The normalized spacial score (nSPS) is 10.3. The summed E-state index contributed by atoms with van der Waals surface area (Å²) in [5, 5.41) is 8.75. The second-order valence-electron chi connectivity index (χ2n) is 5.74. The fourth-order valence-electron chi connectivity index (χ4n) is 2.52. The van der Waals surface area contributed by atoms with Gasteiger partial charge in [-0.15, -0.1) is 0 Å². The Morgan fingerprint density at radius 3 is 1.81 bits per heavy atom. The summed E-state index contributed by atoms with van der Waals surface area (Å²) in [7, 11) is 1.63. The first-order valence-electron chi connectivity index (χ1n) is 8.50. The molecule has 0 heterocycles. The first-order valence-corrected chi connectivity index (χ1v) is 8.50. The van der Waals surface area contributed by atoms with Gasteiger partial charge in [-0.25, -0.2) is 4.79 Å². The Labute approximate surface area is 157 Å². The third kappa shape index (κ3) is 4.86. The summed E-state index contributed by atoms with van der Waals surface area (Å²) >= 11 is 0. The maximum absolute atomic E-state index is 12.2. The standard InChI is InChI=1S/C22H20O5/c1-25-19-8-2-16(3-9-19)17-4-12-21(13-5-17)27-22(24)18-6-10-20(11-7-18)26-15-14-23/h2-13,23H,14-15H2,1H3. The molecule has 0 aromatic heterocycles. The van der Waals surface area contributed by atoms with Gasteiger partial charge in [0, 0.05) is 0 Å². The molecular weight excluding hydrogens is 344 g/mol. The third-order valence-corrected chi connectivity index (χ3v) is 3.94. The molecule has 0 aliphatic rings. The number of benzene rings is 3. The predicted octanol–water partition coefficient (Wildman–Crippen LogP) is 3.95. The van der Waals surface area contributed by atoms with Crippen molar-refractivity contribution in [1.29, 1.82) is 0 Å². The molecule has 0 amide bonds. The van der Waals surface area contributed by atoms with Gasteiger partial charge in [-0.1, -0.05) is 24.3 Å². The number of hydrogen-bond donors (Lipinski definition) is 1. The molecule has 3 rings (SSSR count). The van der Waals surface area contributed by atoms with Crippen molar-refractivity contribution in [3.63, 3.8) is 0 Å². The van der Waals surface area contributed by atoms with E-state index >= 15 is 0 Å². The summed E-state index contributed by atoms with van der Waals surface area (Å²) in [6.45, 7) is 0.153. The zero-order chi connectivity index (χ0) is 19.1. The molecule has 0 spiro atoms. The fourth-order valence-corrected chi connectivity index (χ4v) is 2.52. The van der Waals surface area contributed by atoms with Crippen LogP contribution in [0.2, 0.25) is 0 Å². The predicted molar refractivity (Wildman–Crippen MR) is 102 cm³/mol. The van der Waals surface area contributed by atoms with E-state index in [1.165, 1.54) is 0 Å². The first kappa shape index (κ1) is 18.5. The molecule has 1 N–H and O–H groups in total. The van der Waals surface area contributed by atoms with Gasteiger partial charge in [-0.05, 0) is 59.7 Å². The number of aliphatic hydroxyl groups is 1. The molecule has 0 aliphatic carbocycles. The lowest BCUT2D eigenvalue weighted by Gasteiger charge is -2.08. The zero-order valence-corrected chi connectivity index (χ0v) is 14.9. The van der Waals surface area contributed by atoms with Gasteiger partial charge >= 0.3 is 5.97 Å². The number of rotatable bonds is 7. The number of hydrogen-bond acceptors (Lipinski definition) is 5. The Kier molecular flexibility index (Phi) is 6.07. The van der Waals surface area contributed by atoms with E-state index in [4.69, 9.17) is 19.3 Å². The average Bonchev–Trinajstić information content (AvgIpc) is 2.73. The van der Waals surface area contributed by atoms with Gasteiger partial charge in [0.25, 0.3) is 0 Å². The second-order valence-corrected chi connectivity index (χ2v) is 5.74. The summed E-state index contributed by atoms with van der Waals surface area (Å²) < 4.78 is 15.8. The highest BCUT2D eigenvalue weighted by atomic mass is 16.5. The van der Waals surface area contributed by atoms with Crippen molar-refractivity contribution in [2.24, 2.45) is 0 Å². The first-order chi connectivity index (χ1) is 13.2. The van der Waals surface area contributed by atoms with E-state index in [1.807, 2.05) is 36.4 Å². The van der Waals surface area contributed by atoms with Crippen LogP contribution in [-0.2, 0) is 0 Å². The SMILES string of the molecule is COc1ccc(-c2ccc(OC(=O)c3ccc(OCCO)cc3)cc2)cc1. The molecule has 5 nitrogen and oxygen atoms in total. The monoisotopic (exact) mass is 364 g/mol. The van der Waals surface area contributed by atoms with E-state index in [2.05, 4.69) is 0 Å². The van der Waals surface area contributed by atoms with E-state index in [-0.39, 0.29) is 13.2 Å². The summed E-state index contributed by atoms with van der Waals surface area (Å²) in [4.78, 5) is 12.2. The van der Waals surface area contributed by atoms with Gasteiger partial charge in [-0.3, -0.25) is 0 Å². The number of carbonyl (C=O) groups excluding carboxylic acids is 1. The summed E-state index contributed by atoms with van der Waals surface area (Å²) in [6, 6.07) is 21.6. The number of carbonyl (C=O) groups is 1. The number of ether oxygens (including phenoxy) is 3. The van der Waals surface area contributed by atoms with Crippen molar-refractivity contribution >= 4 is 5.97 Å². The van der Waals surface area contributed by atoms with Crippen LogP contribution < -0.4 is 14.2 Å². The summed E-state index contributed by atoms with van der Waals surface area (Å²) in [6.07, 6.45) is 0. The highest BCUT2D eigenvalue weighted by Gasteiger charge is 2.09. The number of aliphatic hydroxyl groups excluding tert-OH is 1. The second kappa shape index (κ2) is 8.87. The van der Waals surface area contributed by atoms with Gasteiger partial charge in [-0.2, -0.15) is 0 Å². The minimum Gasteiger partial charge on any atom is -0.497 e. The Balaban J connectivity index is 1.64. The van der Waals surface area contributed by atoms with Crippen molar-refractivity contribution in [3.8, 4) is 28.4 Å². The van der Waals surface area contributed by atoms with Gasteiger partial charge in [0.15, 0.2) is 0 Å². The molecule has 0 bridgehead atoms. The van der Waals surface area contributed by atoms with Crippen molar-refractivity contribution in [3.05, 3.63) is 78.4 Å². The Bertz CT molecular complexity index is 868. The lowest BCUT2D eigenvalue weighted by atomic mass is 10.1. The van der Waals surface area contributed by atoms with Crippen LogP contribution in [0.5, 0.6) is 17.2 Å². The minimum atomic E-state index is -0.444. The van der Waals surface area contributed by atoms with Crippen LogP contribution in [0, 0.1) is 0 Å². The van der Waals surface area contributed by atoms with Crippen LogP contribution >= 0.6 is 0 Å². The van der Waals surface area contributed by atoms with Crippen LogP contribution in [0.3, 0.4) is 0 Å². The minimum absolute atomic E-state index is 0.0592. The molecule has 0 radical (unpaired) electrons. The lowest BCUT2D eigenvalue weighted by molar-refractivity contribution is 0.0734. The quantitative estimate of drug-likeness (QED) is 0.508. The van der Waals surface area contributed by atoms with Crippen LogP contribution in [-0.4, -0.2) is 31.4 Å². The van der Waals surface area contributed by atoms with Crippen molar-refractivity contribution in [2.75, 3.05) is 20.3 Å². The molecule has 0 unspecified atom stereocenters. The molecule has 0 aliphatic heterocycles. The molecule has 5 heteroatoms. The third-order valence-electron chi connectivity index (χ3n) is 3.94. The highest BCUT2D eigenvalue weighted by molar-refractivity contribution is 5.91. The number of methoxy groups -OCH3 is 1. The van der Waals surface area contributed by atoms with Crippen LogP contribution in [0.15, 0.2) is 72.8 Å². The smallest absolute Gasteiger partial charge is 0.343 e. The molecule has 27 heavy (non-hydrogen) atoms. The molecule has 138 valence electrons. The molecule has 3 aromatic carbocycles. The molecular formula is C22H20O5. The van der Waals surface area contributed by atoms with Gasteiger partial charge in [0.1, 0.15) is 23.9 Å². The Hall–Kier alpha value is -3.31. The highest BCUT2D eigenvalue weighted by Crippen LogP contribution is 2.25. The fraction of sp³-hybridized carbons (Fsp3) is 0.136. The van der Waals surface area contributed by atoms with Crippen LogP contribution in [0.25, 0.3) is 11.1 Å². The van der Waals surface area contributed by atoms with Crippen LogP contribution in [0.4, 0.5) is 0 Å². The molecule has 0 atom stereocenters. The number of esters is 1. The molecule has 0 fully saturated rings. The Morgan fingerprint density at radius 2 is 1.30 bits per heavy atom. The summed E-state index contributed by atoms with van der Waals surface area (Å²) in [5.74, 6) is 1.42. The van der Waals surface area contributed by atoms with E-state index < -0.39 is 5.97 Å². The van der Waals surface area contributed by atoms with E-state index in [0.717, 1.165) is 16.9 Å². The molecule has 0 saturated carbocycles. The molecule has 0 saturated heterocycles. The zero-order valence-electron chi connectivity index (χ0n) is 14.9. The van der Waals surface area contributed by atoms with Crippen LogP contribution in [0.1, 0.15) is 10.4 Å².